The van der Waals surface area contributed by atoms with Gasteiger partial charge < -0.3 is 25.0 Å². The van der Waals surface area contributed by atoms with Gasteiger partial charge >= 0.3 is 0 Å². The number of hydrogen-bond donors (Lipinski definition) is 2. The molecule has 1 saturated heterocycles. The predicted octanol–water partition coefficient (Wildman–Crippen LogP) is 3.16. The second kappa shape index (κ2) is 11.4. The molecule has 4 rings (SSSR count). The molecule has 2 N–H and O–H groups in total. The summed E-state index contributed by atoms with van der Waals surface area (Å²) in [5.74, 6) is 0.0986. The summed E-state index contributed by atoms with van der Waals surface area (Å²) in [5.41, 5.74) is 1.87. The first-order valence-corrected chi connectivity index (χ1v) is 12.2. The highest BCUT2D eigenvalue weighted by Gasteiger charge is 2.39. The van der Waals surface area contributed by atoms with E-state index in [-0.39, 0.29) is 49.0 Å². The summed E-state index contributed by atoms with van der Waals surface area (Å²) >= 11 is 0. The Labute approximate surface area is 206 Å². The highest BCUT2D eigenvalue weighted by Crippen LogP contribution is 2.32. The Morgan fingerprint density at radius 1 is 1.09 bits per heavy atom. The van der Waals surface area contributed by atoms with Crippen molar-refractivity contribution in [1.82, 2.24) is 10.2 Å². The summed E-state index contributed by atoms with van der Waals surface area (Å²) in [6, 6.07) is 14.5. The van der Waals surface area contributed by atoms with Crippen molar-refractivity contribution < 1.29 is 23.9 Å². The molecule has 2 aliphatic rings. The van der Waals surface area contributed by atoms with Gasteiger partial charge in [0.05, 0.1) is 30.6 Å². The van der Waals surface area contributed by atoms with E-state index in [0.717, 1.165) is 18.4 Å². The van der Waals surface area contributed by atoms with Crippen molar-refractivity contribution in [2.24, 2.45) is 0 Å². The molecule has 3 atom stereocenters. The highest BCUT2D eigenvalue weighted by atomic mass is 16.5. The van der Waals surface area contributed by atoms with Crippen molar-refractivity contribution >= 4 is 23.4 Å². The Kier molecular flexibility index (Phi) is 8.02. The van der Waals surface area contributed by atoms with Crippen LogP contribution in [0.1, 0.15) is 48.5 Å². The molecule has 0 spiro atoms. The second-order valence-corrected chi connectivity index (χ2v) is 9.14. The third-order valence-electron chi connectivity index (χ3n) is 6.49. The molecular weight excluding hydrogens is 446 g/mol. The lowest BCUT2D eigenvalue weighted by Gasteiger charge is -2.42. The minimum Gasteiger partial charge on any atom is -0.490 e. The average Bonchev–Trinajstić information content (AvgIpc) is 2.86. The minimum atomic E-state index is -0.319. The number of likely N-dealkylation sites (N-methyl/N-ethyl adjacent to an activating group) is 1. The van der Waals surface area contributed by atoms with Crippen molar-refractivity contribution in [3.05, 3.63) is 59.7 Å². The minimum absolute atomic E-state index is 0.0151. The number of ether oxygens (including phenoxy) is 2. The zero-order chi connectivity index (χ0) is 24.8. The van der Waals surface area contributed by atoms with Crippen LogP contribution in [0.5, 0.6) is 5.75 Å². The molecule has 1 fully saturated rings. The molecule has 8 heteroatoms. The van der Waals surface area contributed by atoms with Gasteiger partial charge in [-0.3, -0.25) is 14.4 Å². The molecule has 2 heterocycles. The average molecular weight is 480 g/mol. The van der Waals surface area contributed by atoms with Crippen LogP contribution in [-0.4, -0.2) is 61.1 Å². The number of benzene rings is 2. The maximum Gasteiger partial charge on any atom is 0.257 e. The van der Waals surface area contributed by atoms with E-state index in [1.54, 1.807) is 30.1 Å². The molecule has 2 aromatic carbocycles. The fourth-order valence-electron chi connectivity index (χ4n) is 4.64. The quantitative estimate of drug-likeness (QED) is 0.636. The first-order valence-electron chi connectivity index (χ1n) is 12.2. The topological polar surface area (TPSA) is 97.0 Å². The zero-order valence-electron chi connectivity index (χ0n) is 20.3. The number of anilines is 1. The molecule has 0 aromatic heterocycles. The van der Waals surface area contributed by atoms with Crippen LogP contribution in [0.3, 0.4) is 0 Å². The number of hydrogen-bond acceptors (Lipinski definition) is 5. The lowest BCUT2D eigenvalue weighted by Crippen LogP contribution is -2.54. The van der Waals surface area contributed by atoms with E-state index in [1.807, 2.05) is 37.3 Å². The third-order valence-corrected chi connectivity index (χ3v) is 6.49. The number of rotatable bonds is 7. The van der Waals surface area contributed by atoms with Gasteiger partial charge in [0.2, 0.25) is 11.8 Å². The normalized spacial score (nSPS) is 21.6. The molecule has 2 aliphatic heterocycles. The Morgan fingerprint density at radius 2 is 1.89 bits per heavy atom. The first-order chi connectivity index (χ1) is 16.9. The maximum atomic E-state index is 13.4. The molecule has 3 amide bonds. The van der Waals surface area contributed by atoms with Crippen molar-refractivity contribution in [2.45, 2.75) is 57.3 Å². The number of fused-ring (bicyclic) bond motifs is 2. The number of amides is 3. The zero-order valence-corrected chi connectivity index (χ0v) is 20.3. The van der Waals surface area contributed by atoms with Crippen LogP contribution in [0.2, 0.25) is 0 Å². The predicted molar refractivity (Wildman–Crippen MR) is 132 cm³/mol. The van der Waals surface area contributed by atoms with Gasteiger partial charge in [-0.1, -0.05) is 37.3 Å². The summed E-state index contributed by atoms with van der Waals surface area (Å²) in [4.78, 5) is 39.7. The van der Waals surface area contributed by atoms with Crippen molar-refractivity contribution in [3.8, 4) is 5.75 Å². The van der Waals surface area contributed by atoms with Gasteiger partial charge in [0.1, 0.15) is 18.5 Å². The molecule has 0 saturated carbocycles. The summed E-state index contributed by atoms with van der Waals surface area (Å²) in [6.07, 6.45) is 2.36. The molecule has 35 heavy (non-hydrogen) atoms. The Balaban J connectivity index is 1.43. The van der Waals surface area contributed by atoms with Crippen LogP contribution < -0.4 is 15.4 Å². The van der Waals surface area contributed by atoms with Crippen molar-refractivity contribution in [2.75, 3.05) is 25.5 Å². The first kappa shape index (κ1) is 24.7. The summed E-state index contributed by atoms with van der Waals surface area (Å²) in [7, 11) is 1.77. The molecule has 0 bridgehead atoms. The molecule has 8 nitrogen and oxygen atoms in total. The van der Waals surface area contributed by atoms with E-state index in [2.05, 4.69) is 10.6 Å². The van der Waals surface area contributed by atoms with Crippen LogP contribution in [0.4, 0.5) is 5.69 Å². The number of nitrogens with one attached hydrogen (secondary N) is 2. The smallest absolute Gasteiger partial charge is 0.257 e. The van der Waals surface area contributed by atoms with Crippen molar-refractivity contribution in [1.29, 1.82) is 0 Å². The van der Waals surface area contributed by atoms with Gasteiger partial charge in [-0.15, -0.1) is 0 Å². The highest BCUT2D eigenvalue weighted by molar-refractivity contribution is 6.00. The van der Waals surface area contributed by atoms with Crippen molar-refractivity contribution in [3.63, 3.8) is 0 Å². The molecule has 0 unspecified atom stereocenters. The van der Waals surface area contributed by atoms with Gasteiger partial charge in [0.25, 0.3) is 5.91 Å². The van der Waals surface area contributed by atoms with Crippen LogP contribution in [0, 0.1) is 0 Å². The SMILES string of the molecule is CCCNC(=O)C[C@H]1CC[C@H]2[C@H](COc3ccc(NC(=O)Cc4ccccc4)cc3C(=O)N2C)O1. The molecule has 0 aliphatic carbocycles. The van der Waals surface area contributed by atoms with E-state index in [1.165, 1.54) is 0 Å². The van der Waals surface area contributed by atoms with Gasteiger partial charge in [-0.05, 0) is 43.0 Å². The molecular formula is C27H33N3O5. The number of nitrogens with zero attached hydrogens (tertiary/aromatic N) is 1. The fourth-order valence-corrected chi connectivity index (χ4v) is 4.64. The summed E-state index contributed by atoms with van der Waals surface area (Å²) in [5, 5.41) is 5.77. The van der Waals surface area contributed by atoms with E-state index < -0.39 is 0 Å². The monoisotopic (exact) mass is 479 g/mol. The van der Waals surface area contributed by atoms with Gasteiger partial charge in [-0.25, -0.2) is 0 Å². The second-order valence-electron chi connectivity index (χ2n) is 9.14. The Hall–Kier alpha value is -3.39. The fraction of sp³-hybridized carbons (Fsp3) is 0.444. The standard InChI is InChI=1S/C27H33N3O5/c1-3-13-28-25(31)16-20-10-11-22-24(35-20)17-34-23-12-9-19(15-21(23)27(33)30(22)2)29-26(32)14-18-7-5-4-6-8-18/h4-9,12,15,20,22,24H,3,10-11,13-14,16-17H2,1-2H3,(H,28,31)(H,29,32)/t20-,22+,24+/m1/s1. The number of carbonyl (C=O) groups is 3. The summed E-state index contributed by atoms with van der Waals surface area (Å²) in [6.45, 7) is 2.95. The lowest BCUT2D eigenvalue weighted by atomic mass is 9.94. The Morgan fingerprint density at radius 3 is 2.66 bits per heavy atom. The van der Waals surface area contributed by atoms with Crippen LogP contribution in [0.25, 0.3) is 0 Å². The number of carbonyl (C=O) groups excluding carboxylic acids is 3. The van der Waals surface area contributed by atoms with Crippen LogP contribution in [0.15, 0.2) is 48.5 Å². The molecule has 2 aromatic rings. The Bertz CT molecular complexity index is 1060. The summed E-state index contributed by atoms with van der Waals surface area (Å²) < 4.78 is 12.2. The largest absolute Gasteiger partial charge is 0.490 e. The van der Waals surface area contributed by atoms with E-state index in [0.29, 0.717) is 36.4 Å². The van der Waals surface area contributed by atoms with Gasteiger partial charge in [0, 0.05) is 19.3 Å². The molecule has 0 radical (unpaired) electrons. The lowest BCUT2D eigenvalue weighted by molar-refractivity contribution is -0.134. The maximum absolute atomic E-state index is 13.4. The van der Waals surface area contributed by atoms with Gasteiger partial charge in [-0.2, -0.15) is 0 Å². The third kappa shape index (κ3) is 6.19. The van der Waals surface area contributed by atoms with E-state index in [9.17, 15) is 14.4 Å². The van der Waals surface area contributed by atoms with E-state index >= 15 is 0 Å². The van der Waals surface area contributed by atoms with Crippen LogP contribution >= 0.6 is 0 Å². The van der Waals surface area contributed by atoms with E-state index in [4.69, 9.17) is 9.47 Å². The molecule has 186 valence electrons. The van der Waals surface area contributed by atoms with Crippen LogP contribution in [-0.2, 0) is 20.7 Å². The van der Waals surface area contributed by atoms with Gasteiger partial charge in [0.15, 0.2) is 0 Å².